The molecule has 0 bridgehead atoms. The van der Waals surface area contributed by atoms with Crippen LogP contribution in [0.2, 0.25) is 0 Å². The van der Waals surface area contributed by atoms with Crippen molar-refractivity contribution in [1.29, 1.82) is 0 Å². The van der Waals surface area contributed by atoms with Crippen molar-refractivity contribution in [1.82, 2.24) is 4.90 Å². The maximum Gasteiger partial charge on any atom is 0.402 e. The molecule has 1 nitrogen and oxygen atoms in total. The van der Waals surface area contributed by atoms with E-state index in [1.165, 1.54) is 5.56 Å². The Hall–Kier alpha value is -0.550. The van der Waals surface area contributed by atoms with Crippen LogP contribution in [0, 0.1) is 5.92 Å². The maximum atomic E-state index is 12.5. The van der Waals surface area contributed by atoms with Gasteiger partial charge in [-0.05, 0) is 43.8 Å². The highest BCUT2D eigenvalue weighted by atomic mass is 79.9. The molecule has 0 saturated carbocycles. The SMILES string of the molecule is FC(F)(F)C(Br)CN1CCC(Cc2ccccc2)CC1. The van der Waals surface area contributed by atoms with E-state index in [1.54, 1.807) is 0 Å². The summed E-state index contributed by atoms with van der Waals surface area (Å²) in [5.41, 5.74) is 1.32. The molecule has 1 fully saturated rings. The first-order valence-corrected chi connectivity index (χ1v) is 7.84. The van der Waals surface area contributed by atoms with Crippen molar-refractivity contribution in [3.05, 3.63) is 35.9 Å². The number of hydrogen-bond acceptors (Lipinski definition) is 1. The number of likely N-dealkylation sites (tertiary alicyclic amines) is 1. The molecule has 5 heteroatoms. The zero-order chi connectivity index (χ0) is 14.6. The molecule has 1 aliphatic heterocycles. The zero-order valence-corrected chi connectivity index (χ0v) is 12.8. The van der Waals surface area contributed by atoms with E-state index >= 15 is 0 Å². The van der Waals surface area contributed by atoms with Crippen molar-refractivity contribution in [2.45, 2.75) is 30.3 Å². The molecule has 0 aromatic heterocycles. The smallest absolute Gasteiger partial charge is 0.302 e. The van der Waals surface area contributed by atoms with Gasteiger partial charge in [0.2, 0.25) is 0 Å². The Morgan fingerprint density at radius 2 is 1.75 bits per heavy atom. The van der Waals surface area contributed by atoms with E-state index in [1.807, 2.05) is 23.1 Å². The van der Waals surface area contributed by atoms with Crippen LogP contribution < -0.4 is 0 Å². The third-order valence-corrected chi connectivity index (χ3v) is 4.66. The summed E-state index contributed by atoms with van der Waals surface area (Å²) in [5, 5.41) is 0. The Bertz CT molecular complexity index is 399. The van der Waals surface area contributed by atoms with E-state index in [2.05, 4.69) is 28.1 Å². The molecule has 1 unspecified atom stereocenters. The van der Waals surface area contributed by atoms with Gasteiger partial charge >= 0.3 is 6.18 Å². The average molecular weight is 350 g/mol. The van der Waals surface area contributed by atoms with Gasteiger partial charge in [-0.1, -0.05) is 46.3 Å². The lowest BCUT2D eigenvalue weighted by Crippen LogP contribution is -2.41. The molecule has 0 amide bonds. The maximum absolute atomic E-state index is 12.5. The van der Waals surface area contributed by atoms with Gasteiger partial charge in [-0.25, -0.2) is 0 Å². The molecule has 1 aromatic rings. The van der Waals surface area contributed by atoms with Gasteiger partial charge in [0.25, 0.3) is 0 Å². The minimum atomic E-state index is -4.15. The summed E-state index contributed by atoms with van der Waals surface area (Å²) in [6.07, 6.45) is -1.16. The van der Waals surface area contributed by atoms with Gasteiger partial charge in [-0.15, -0.1) is 0 Å². The molecule has 1 heterocycles. The molecular weight excluding hydrogens is 331 g/mol. The molecule has 0 aliphatic carbocycles. The van der Waals surface area contributed by atoms with Crippen LogP contribution in [0.1, 0.15) is 18.4 Å². The lowest BCUT2D eigenvalue weighted by atomic mass is 9.90. The van der Waals surface area contributed by atoms with Gasteiger partial charge in [0.05, 0.1) is 0 Å². The second-order valence-corrected chi connectivity index (χ2v) is 6.55. The monoisotopic (exact) mass is 349 g/mol. The number of alkyl halides is 4. The number of hydrogen-bond donors (Lipinski definition) is 0. The molecule has 1 saturated heterocycles. The molecule has 20 heavy (non-hydrogen) atoms. The molecular formula is C15H19BrF3N. The largest absolute Gasteiger partial charge is 0.402 e. The fourth-order valence-corrected chi connectivity index (χ4v) is 3.06. The minimum Gasteiger partial charge on any atom is -0.302 e. The predicted octanol–water partition coefficient (Wildman–Crippen LogP) is 4.27. The lowest BCUT2D eigenvalue weighted by Gasteiger charge is -2.33. The summed E-state index contributed by atoms with van der Waals surface area (Å²) in [4.78, 5) is 0.495. The zero-order valence-electron chi connectivity index (χ0n) is 11.2. The normalized spacial score (nSPS) is 20.0. The number of nitrogens with zero attached hydrogens (tertiary/aromatic N) is 1. The minimum absolute atomic E-state index is 0.0571. The summed E-state index contributed by atoms with van der Waals surface area (Å²) in [7, 11) is 0. The van der Waals surface area contributed by atoms with Gasteiger partial charge in [-0.3, -0.25) is 0 Å². The van der Waals surface area contributed by atoms with Gasteiger partial charge in [0, 0.05) is 6.54 Å². The predicted molar refractivity (Wildman–Crippen MR) is 78.1 cm³/mol. The second-order valence-electron chi connectivity index (χ2n) is 5.44. The van der Waals surface area contributed by atoms with Gasteiger partial charge in [-0.2, -0.15) is 13.2 Å². The Balaban J connectivity index is 1.75. The summed E-state index contributed by atoms with van der Waals surface area (Å²) >= 11 is 2.74. The van der Waals surface area contributed by atoms with Crippen LogP contribution in [-0.2, 0) is 6.42 Å². The number of rotatable bonds is 4. The first-order chi connectivity index (χ1) is 9.45. The fourth-order valence-electron chi connectivity index (χ4n) is 2.65. The highest BCUT2D eigenvalue weighted by Gasteiger charge is 2.39. The number of benzene rings is 1. The summed E-state index contributed by atoms with van der Waals surface area (Å²) in [5.74, 6) is 0.591. The fraction of sp³-hybridized carbons (Fsp3) is 0.600. The number of halogens is 4. The Morgan fingerprint density at radius 1 is 1.15 bits per heavy atom. The Morgan fingerprint density at radius 3 is 2.30 bits per heavy atom. The van der Waals surface area contributed by atoms with Gasteiger partial charge < -0.3 is 4.90 Å². The van der Waals surface area contributed by atoms with Crippen molar-refractivity contribution in [3.8, 4) is 0 Å². The Kier molecular flexibility index (Phi) is 5.49. The van der Waals surface area contributed by atoms with Crippen molar-refractivity contribution < 1.29 is 13.2 Å². The summed E-state index contributed by atoms with van der Waals surface area (Å²) in [6, 6.07) is 10.3. The van der Waals surface area contributed by atoms with E-state index in [9.17, 15) is 13.2 Å². The van der Waals surface area contributed by atoms with Crippen molar-refractivity contribution >= 4 is 15.9 Å². The third kappa shape index (κ3) is 4.77. The first kappa shape index (κ1) is 15.8. The van der Waals surface area contributed by atoms with E-state index < -0.39 is 11.0 Å². The average Bonchev–Trinajstić information content (AvgIpc) is 2.41. The van der Waals surface area contributed by atoms with Crippen molar-refractivity contribution in [3.63, 3.8) is 0 Å². The van der Waals surface area contributed by atoms with Crippen molar-refractivity contribution in [2.75, 3.05) is 19.6 Å². The summed E-state index contributed by atoms with van der Waals surface area (Å²) in [6.45, 7) is 1.58. The molecule has 1 aliphatic rings. The summed E-state index contributed by atoms with van der Waals surface area (Å²) < 4.78 is 37.5. The van der Waals surface area contributed by atoms with E-state index in [0.29, 0.717) is 5.92 Å². The molecule has 112 valence electrons. The van der Waals surface area contributed by atoms with Crippen LogP contribution in [0.25, 0.3) is 0 Å². The highest BCUT2D eigenvalue weighted by Crippen LogP contribution is 2.29. The van der Waals surface area contributed by atoms with E-state index in [0.717, 1.165) is 32.4 Å². The number of piperidine rings is 1. The standard InChI is InChI=1S/C15H19BrF3N/c16-14(15(17,18)19)11-20-8-6-13(7-9-20)10-12-4-2-1-3-5-12/h1-5,13-14H,6-11H2. The van der Waals surface area contributed by atoms with E-state index in [-0.39, 0.29) is 6.54 Å². The van der Waals surface area contributed by atoms with Crippen molar-refractivity contribution in [2.24, 2.45) is 5.92 Å². The molecule has 1 aromatic carbocycles. The van der Waals surface area contributed by atoms with Crippen LogP contribution in [-0.4, -0.2) is 35.5 Å². The van der Waals surface area contributed by atoms with Gasteiger partial charge in [0.15, 0.2) is 0 Å². The van der Waals surface area contributed by atoms with Gasteiger partial charge in [0.1, 0.15) is 4.83 Å². The third-order valence-electron chi connectivity index (χ3n) is 3.85. The molecule has 2 rings (SSSR count). The highest BCUT2D eigenvalue weighted by molar-refractivity contribution is 9.09. The van der Waals surface area contributed by atoms with Crippen LogP contribution in [0.15, 0.2) is 30.3 Å². The molecule has 1 atom stereocenters. The molecule has 0 N–H and O–H groups in total. The van der Waals surface area contributed by atoms with E-state index in [4.69, 9.17) is 0 Å². The topological polar surface area (TPSA) is 3.24 Å². The quantitative estimate of drug-likeness (QED) is 0.734. The Labute approximate surface area is 126 Å². The molecule has 0 spiro atoms. The molecule has 0 radical (unpaired) electrons. The second kappa shape index (κ2) is 6.94. The van der Waals surface area contributed by atoms with Crippen LogP contribution in [0.4, 0.5) is 13.2 Å². The van der Waals surface area contributed by atoms with Crippen LogP contribution >= 0.6 is 15.9 Å². The van der Waals surface area contributed by atoms with Crippen LogP contribution in [0.3, 0.4) is 0 Å². The lowest BCUT2D eigenvalue weighted by molar-refractivity contribution is -0.131. The van der Waals surface area contributed by atoms with Crippen LogP contribution in [0.5, 0.6) is 0 Å². The first-order valence-electron chi connectivity index (χ1n) is 6.92.